The van der Waals surface area contributed by atoms with Crippen LogP contribution in [-0.2, 0) is 5.41 Å². The number of rotatable bonds is 8. The summed E-state index contributed by atoms with van der Waals surface area (Å²) in [6.45, 7) is 4.75. The first-order valence-corrected chi connectivity index (χ1v) is 22.9. The fourth-order valence-electron chi connectivity index (χ4n) is 11.0. The minimum atomic E-state index is -0.123. The van der Waals surface area contributed by atoms with Crippen molar-refractivity contribution in [2.24, 2.45) is 0 Å². The summed E-state index contributed by atoms with van der Waals surface area (Å²) in [5.74, 6) is 0. The Hall–Kier alpha value is -7.94. The van der Waals surface area contributed by atoms with Crippen LogP contribution in [0.3, 0.4) is 0 Å². The minimum Gasteiger partial charge on any atom is -0.311 e. The van der Waals surface area contributed by atoms with Gasteiger partial charge in [0.05, 0.1) is 22.2 Å². The monoisotopic (exact) mass is 832 g/mol. The van der Waals surface area contributed by atoms with Crippen molar-refractivity contribution in [1.82, 2.24) is 4.57 Å². The van der Waals surface area contributed by atoms with Crippen molar-refractivity contribution in [2.75, 3.05) is 4.90 Å². The number of hydrogen-bond donors (Lipinski definition) is 0. The first kappa shape index (κ1) is 38.7. The van der Waals surface area contributed by atoms with Crippen molar-refractivity contribution in [3.8, 4) is 61.3 Å². The Labute approximate surface area is 381 Å². The quantitative estimate of drug-likeness (QED) is 0.148. The zero-order chi connectivity index (χ0) is 43.5. The number of para-hydroxylation sites is 4. The molecule has 0 bridgehead atoms. The molecule has 2 aliphatic carbocycles. The first-order valence-electron chi connectivity index (χ1n) is 22.9. The predicted octanol–water partition coefficient (Wildman–Crippen LogP) is 15.1. The molecule has 9 aromatic carbocycles. The van der Waals surface area contributed by atoms with E-state index in [9.17, 15) is 0 Å². The first-order chi connectivity index (χ1) is 32.1. The van der Waals surface area contributed by atoms with Gasteiger partial charge in [-0.2, -0.15) is 0 Å². The zero-order valence-electron chi connectivity index (χ0n) is 36.7. The highest BCUT2D eigenvalue weighted by Gasteiger charge is 2.37. The van der Waals surface area contributed by atoms with Crippen LogP contribution < -0.4 is 15.5 Å². The van der Waals surface area contributed by atoms with Crippen LogP contribution in [0.2, 0.25) is 0 Å². The number of fused-ring (bicyclic) bond motifs is 6. The Balaban J connectivity index is 1.19. The van der Waals surface area contributed by atoms with Crippen molar-refractivity contribution in [2.45, 2.75) is 32.1 Å². The maximum Gasteiger partial charge on any atom is 0.0736 e. The van der Waals surface area contributed by atoms with Gasteiger partial charge in [-0.15, -0.1) is 0 Å². The van der Waals surface area contributed by atoms with Crippen LogP contribution >= 0.6 is 0 Å². The number of nitrogens with zero attached hydrogens (tertiary/aromatic N) is 2. The molecule has 0 aliphatic heterocycles. The summed E-state index contributed by atoms with van der Waals surface area (Å²) < 4.78 is 2.51. The maximum atomic E-state index is 2.64. The molecule has 2 nitrogen and oxygen atoms in total. The van der Waals surface area contributed by atoms with Crippen molar-refractivity contribution in [3.63, 3.8) is 0 Å². The summed E-state index contributed by atoms with van der Waals surface area (Å²) in [5.41, 5.74) is 20.9. The molecular formula is C63H48N2. The summed E-state index contributed by atoms with van der Waals surface area (Å²) >= 11 is 0. The number of aromatic nitrogens is 1. The second kappa shape index (κ2) is 15.7. The molecule has 0 saturated carbocycles. The topological polar surface area (TPSA) is 8.17 Å². The van der Waals surface area contributed by atoms with Gasteiger partial charge in [0.15, 0.2) is 0 Å². The molecule has 0 amide bonds. The van der Waals surface area contributed by atoms with Gasteiger partial charge in [0.25, 0.3) is 0 Å². The predicted molar refractivity (Wildman–Crippen MR) is 274 cm³/mol. The van der Waals surface area contributed by atoms with Crippen molar-refractivity contribution in [1.29, 1.82) is 0 Å². The summed E-state index contributed by atoms with van der Waals surface area (Å²) in [7, 11) is 0. The van der Waals surface area contributed by atoms with Gasteiger partial charge in [-0.3, -0.25) is 0 Å². The van der Waals surface area contributed by atoms with Crippen LogP contribution in [-0.4, -0.2) is 4.57 Å². The Kier molecular flexibility index (Phi) is 9.35. The van der Waals surface area contributed by atoms with Gasteiger partial charge < -0.3 is 9.47 Å². The summed E-state index contributed by atoms with van der Waals surface area (Å²) in [4.78, 5) is 2.64. The second-order valence-corrected chi connectivity index (χ2v) is 17.9. The lowest BCUT2D eigenvalue weighted by atomic mass is 9.82. The van der Waals surface area contributed by atoms with E-state index in [1.165, 1.54) is 93.9 Å². The molecule has 2 aliphatic rings. The highest BCUT2D eigenvalue weighted by molar-refractivity contribution is 6.03. The fourth-order valence-corrected chi connectivity index (χ4v) is 11.0. The molecule has 1 heterocycles. The molecule has 65 heavy (non-hydrogen) atoms. The van der Waals surface area contributed by atoms with Crippen LogP contribution in [0.4, 0.5) is 11.4 Å². The third-order valence-corrected chi connectivity index (χ3v) is 13.9. The van der Waals surface area contributed by atoms with Crippen molar-refractivity contribution in [3.05, 3.63) is 246 Å². The van der Waals surface area contributed by atoms with E-state index >= 15 is 0 Å². The molecule has 0 radical (unpaired) electrons. The lowest BCUT2D eigenvalue weighted by molar-refractivity contribution is 0.660. The standard InChI is InChI=1S/C63H48N2/c1-63(2)55-37-17-13-34-54(55)61-52(35-21-38-56(61)63)50-32-15-20-41-59(50)65(60-42-22-36-53-51-33-16-18-39-57(51)64(62(53)60)44-25-7-4-8-26-44)58-40-19-14-31-49(58)48-30-12-11-29-47(48)46-28-10-9-27-45(46)43-23-5-3-6-24-43/h3-21,23-41H,22,42H2,1-2H3. The molecule has 2 heteroatoms. The second-order valence-electron chi connectivity index (χ2n) is 17.9. The smallest absolute Gasteiger partial charge is 0.0736 e. The van der Waals surface area contributed by atoms with E-state index in [2.05, 4.69) is 254 Å². The molecule has 0 N–H and O–H groups in total. The van der Waals surface area contributed by atoms with Gasteiger partial charge in [-0.05, 0) is 98.8 Å². The third kappa shape index (κ3) is 6.24. The van der Waals surface area contributed by atoms with Crippen LogP contribution in [0.25, 0.3) is 84.0 Å². The molecule has 0 fully saturated rings. The number of hydrogen-bond acceptors (Lipinski definition) is 1. The van der Waals surface area contributed by atoms with Crippen LogP contribution in [0.5, 0.6) is 0 Å². The van der Waals surface area contributed by atoms with E-state index in [1.54, 1.807) is 0 Å². The molecule has 0 saturated heterocycles. The summed E-state index contributed by atoms with van der Waals surface area (Å²) in [6.07, 6.45) is 4.25. The van der Waals surface area contributed by atoms with Crippen LogP contribution in [0.15, 0.2) is 224 Å². The van der Waals surface area contributed by atoms with Gasteiger partial charge in [-0.25, -0.2) is 0 Å². The van der Waals surface area contributed by atoms with E-state index in [0.717, 1.165) is 29.9 Å². The van der Waals surface area contributed by atoms with E-state index in [1.807, 2.05) is 0 Å². The zero-order valence-corrected chi connectivity index (χ0v) is 36.7. The van der Waals surface area contributed by atoms with Gasteiger partial charge in [0.1, 0.15) is 0 Å². The van der Waals surface area contributed by atoms with Crippen molar-refractivity contribution < 1.29 is 0 Å². The van der Waals surface area contributed by atoms with Gasteiger partial charge in [0.2, 0.25) is 0 Å². The molecule has 0 spiro atoms. The molecule has 0 atom stereocenters. The van der Waals surface area contributed by atoms with Gasteiger partial charge in [0, 0.05) is 38.5 Å². The van der Waals surface area contributed by atoms with E-state index < -0.39 is 0 Å². The van der Waals surface area contributed by atoms with Gasteiger partial charge in [-0.1, -0.05) is 214 Å². The molecule has 10 aromatic rings. The molecule has 310 valence electrons. The lowest BCUT2D eigenvalue weighted by Crippen LogP contribution is -2.38. The van der Waals surface area contributed by atoms with E-state index in [0.29, 0.717) is 0 Å². The van der Waals surface area contributed by atoms with E-state index in [4.69, 9.17) is 0 Å². The van der Waals surface area contributed by atoms with Crippen LogP contribution in [0.1, 0.15) is 37.8 Å². The lowest BCUT2D eigenvalue weighted by Gasteiger charge is -2.33. The fraction of sp³-hybridized carbons (Fsp3) is 0.0794. The Morgan fingerprint density at radius 2 is 0.908 bits per heavy atom. The number of benzene rings is 9. The minimum absolute atomic E-state index is 0.123. The average Bonchev–Trinajstić information content (AvgIpc) is 3.84. The molecular weight excluding hydrogens is 785 g/mol. The molecule has 1 aromatic heterocycles. The SMILES string of the molecule is CC1(C)c2ccccc2-c2c(-c3ccccc3N(C3=c4c(c5ccccc5n4-c4ccccc4)=CCC3)c3ccccc3-c3ccccc3-c3ccccc3-c3ccccc3)cccc21. The van der Waals surface area contributed by atoms with E-state index in [-0.39, 0.29) is 5.41 Å². The Morgan fingerprint density at radius 3 is 1.62 bits per heavy atom. The Morgan fingerprint density at radius 1 is 0.415 bits per heavy atom. The van der Waals surface area contributed by atoms with Crippen molar-refractivity contribution >= 4 is 34.1 Å². The van der Waals surface area contributed by atoms with Gasteiger partial charge >= 0.3 is 0 Å². The number of anilines is 2. The highest BCUT2D eigenvalue weighted by atomic mass is 15.2. The summed E-state index contributed by atoms with van der Waals surface area (Å²) in [6, 6.07) is 82.7. The molecule has 0 unspecified atom stereocenters. The average molecular weight is 833 g/mol. The normalized spacial score (nSPS) is 13.5. The summed E-state index contributed by atoms with van der Waals surface area (Å²) in [5, 5.41) is 3.80. The third-order valence-electron chi connectivity index (χ3n) is 13.9. The van der Waals surface area contributed by atoms with Crippen LogP contribution in [0, 0.1) is 0 Å². The Bertz CT molecular complexity index is 3570. The largest absolute Gasteiger partial charge is 0.311 e. The molecule has 12 rings (SSSR count). The highest BCUT2D eigenvalue weighted by Crippen LogP contribution is 2.54. The maximum absolute atomic E-state index is 2.64.